The molecule has 22 heavy (non-hydrogen) atoms. The van der Waals surface area contributed by atoms with Crippen molar-refractivity contribution in [1.82, 2.24) is 9.80 Å². The van der Waals surface area contributed by atoms with E-state index in [0.717, 1.165) is 31.6 Å². The molecule has 1 aromatic rings. The third kappa shape index (κ3) is 4.85. The van der Waals surface area contributed by atoms with Gasteiger partial charge in [0.1, 0.15) is 6.04 Å². The summed E-state index contributed by atoms with van der Waals surface area (Å²) in [5.74, 6) is 0.666. The number of amides is 1. The number of nitrogens with two attached hydrogens (primary N) is 1. The van der Waals surface area contributed by atoms with Gasteiger partial charge in [0, 0.05) is 13.1 Å². The fourth-order valence-electron chi connectivity index (χ4n) is 2.80. The number of nitrogens with zero attached hydrogens (tertiary/aromatic N) is 2. The molecule has 1 aromatic carbocycles. The van der Waals surface area contributed by atoms with Gasteiger partial charge >= 0.3 is 0 Å². The quantitative estimate of drug-likeness (QED) is 0.889. The lowest BCUT2D eigenvalue weighted by Crippen LogP contribution is -2.41. The Hall–Kier alpha value is -0.810. The van der Waals surface area contributed by atoms with Crippen molar-refractivity contribution in [1.29, 1.82) is 0 Å². The van der Waals surface area contributed by atoms with Crippen LogP contribution in [0.4, 0.5) is 0 Å². The van der Waals surface area contributed by atoms with E-state index in [0.29, 0.717) is 12.5 Å². The lowest BCUT2D eigenvalue weighted by Gasteiger charge is -2.30. The second kappa shape index (κ2) is 10.1. The molecule has 2 rings (SSSR count). The summed E-state index contributed by atoms with van der Waals surface area (Å²) < 4.78 is 0. The van der Waals surface area contributed by atoms with Crippen molar-refractivity contribution < 1.29 is 4.79 Å². The van der Waals surface area contributed by atoms with Crippen LogP contribution in [0.3, 0.4) is 0 Å². The van der Waals surface area contributed by atoms with Crippen molar-refractivity contribution in [3.05, 3.63) is 35.9 Å². The Balaban J connectivity index is 0.00000220. The molecular formula is C16H27Cl2N3O. The van der Waals surface area contributed by atoms with E-state index < -0.39 is 0 Å². The fourth-order valence-corrected chi connectivity index (χ4v) is 2.80. The van der Waals surface area contributed by atoms with Crippen LogP contribution in [0.1, 0.15) is 24.9 Å². The van der Waals surface area contributed by atoms with Crippen LogP contribution in [0.25, 0.3) is 0 Å². The standard InChI is InChI=1S/C16H25N3O.2ClH/c1-3-18(2)15(14-7-5-4-6-8-14)16(20)19-10-9-13(11-17)12-19;;/h4-8,13,15H,3,9-12,17H2,1-2H3;2*1H. The molecular weight excluding hydrogens is 321 g/mol. The first-order valence-corrected chi connectivity index (χ1v) is 7.41. The minimum atomic E-state index is -0.183. The maximum absolute atomic E-state index is 12.9. The highest BCUT2D eigenvalue weighted by Gasteiger charge is 2.32. The molecule has 0 spiro atoms. The van der Waals surface area contributed by atoms with Crippen LogP contribution in [0.5, 0.6) is 0 Å². The number of benzene rings is 1. The van der Waals surface area contributed by atoms with E-state index in [1.165, 1.54) is 0 Å². The molecule has 6 heteroatoms. The minimum absolute atomic E-state index is 0. The molecule has 0 aromatic heterocycles. The van der Waals surface area contributed by atoms with Crippen molar-refractivity contribution in [3.8, 4) is 0 Å². The average molecular weight is 348 g/mol. The van der Waals surface area contributed by atoms with Gasteiger partial charge in [0.2, 0.25) is 5.91 Å². The van der Waals surface area contributed by atoms with Gasteiger partial charge in [0.25, 0.3) is 0 Å². The van der Waals surface area contributed by atoms with Gasteiger partial charge in [-0.3, -0.25) is 9.69 Å². The topological polar surface area (TPSA) is 49.6 Å². The molecule has 4 nitrogen and oxygen atoms in total. The van der Waals surface area contributed by atoms with Crippen LogP contribution >= 0.6 is 24.8 Å². The molecule has 1 amide bonds. The highest BCUT2D eigenvalue weighted by molar-refractivity contribution is 5.85. The number of carbonyl (C=O) groups excluding carboxylic acids is 1. The zero-order chi connectivity index (χ0) is 14.5. The molecule has 2 N–H and O–H groups in total. The van der Waals surface area contributed by atoms with Gasteiger partial charge in [-0.05, 0) is 38.0 Å². The van der Waals surface area contributed by atoms with E-state index in [1.54, 1.807) is 0 Å². The molecule has 2 unspecified atom stereocenters. The molecule has 0 saturated carbocycles. The van der Waals surface area contributed by atoms with Gasteiger partial charge in [0.15, 0.2) is 0 Å². The molecule has 1 saturated heterocycles. The monoisotopic (exact) mass is 347 g/mol. The second-order valence-corrected chi connectivity index (χ2v) is 5.56. The Kier molecular flexibility index (Phi) is 9.69. The predicted molar refractivity (Wildman–Crippen MR) is 95.7 cm³/mol. The number of likely N-dealkylation sites (N-methyl/N-ethyl adjacent to an activating group) is 1. The molecule has 1 aliphatic heterocycles. The summed E-state index contributed by atoms with van der Waals surface area (Å²) >= 11 is 0. The van der Waals surface area contributed by atoms with E-state index in [-0.39, 0.29) is 36.8 Å². The van der Waals surface area contributed by atoms with Crippen LogP contribution in [0.2, 0.25) is 0 Å². The Morgan fingerprint density at radius 2 is 2.00 bits per heavy atom. The highest BCUT2D eigenvalue weighted by Crippen LogP contribution is 2.25. The molecule has 2 atom stereocenters. The summed E-state index contributed by atoms with van der Waals surface area (Å²) in [6.45, 7) is 5.23. The van der Waals surface area contributed by atoms with E-state index >= 15 is 0 Å². The van der Waals surface area contributed by atoms with Crippen molar-refractivity contribution >= 4 is 30.7 Å². The van der Waals surface area contributed by atoms with E-state index in [4.69, 9.17) is 5.73 Å². The van der Waals surface area contributed by atoms with Gasteiger partial charge in [-0.2, -0.15) is 0 Å². The molecule has 0 radical (unpaired) electrons. The zero-order valence-corrected chi connectivity index (χ0v) is 14.9. The fraction of sp³-hybridized carbons (Fsp3) is 0.562. The molecule has 1 fully saturated rings. The lowest BCUT2D eigenvalue weighted by atomic mass is 10.0. The van der Waals surface area contributed by atoms with E-state index in [9.17, 15) is 4.79 Å². The largest absolute Gasteiger partial charge is 0.341 e. The predicted octanol–water partition coefficient (Wildman–Crippen LogP) is 2.33. The second-order valence-electron chi connectivity index (χ2n) is 5.56. The number of hydrogen-bond acceptors (Lipinski definition) is 3. The first kappa shape index (κ1) is 21.2. The Morgan fingerprint density at radius 3 is 2.50 bits per heavy atom. The van der Waals surface area contributed by atoms with Crippen LogP contribution in [-0.4, -0.2) is 48.9 Å². The van der Waals surface area contributed by atoms with Crippen LogP contribution in [0, 0.1) is 5.92 Å². The molecule has 126 valence electrons. The number of hydrogen-bond donors (Lipinski definition) is 1. The van der Waals surface area contributed by atoms with Gasteiger partial charge < -0.3 is 10.6 Å². The number of carbonyl (C=O) groups is 1. The zero-order valence-electron chi connectivity index (χ0n) is 13.3. The van der Waals surface area contributed by atoms with Crippen molar-refractivity contribution in [2.24, 2.45) is 11.7 Å². The van der Waals surface area contributed by atoms with Crippen LogP contribution in [-0.2, 0) is 4.79 Å². The summed E-state index contributed by atoms with van der Waals surface area (Å²) in [6, 6.07) is 9.85. The van der Waals surface area contributed by atoms with Gasteiger partial charge in [0.05, 0.1) is 0 Å². The number of rotatable bonds is 5. The maximum Gasteiger partial charge on any atom is 0.244 e. The Bertz CT molecular complexity index is 444. The maximum atomic E-state index is 12.9. The number of halogens is 2. The molecule has 1 aliphatic rings. The first-order chi connectivity index (χ1) is 9.67. The van der Waals surface area contributed by atoms with Gasteiger partial charge in [-0.25, -0.2) is 0 Å². The summed E-state index contributed by atoms with van der Waals surface area (Å²) in [5.41, 5.74) is 6.79. The van der Waals surface area contributed by atoms with Gasteiger partial charge in [-0.1, -0.05) is 37.3 Å². The summed E-state index contributed by atoms with van der Waals surface area (Å²) in [5, 5.41) is 0. The molecule has 0 aliphatic carbocycles. The summed E-state index contributed by atoms with van der Waals surface area (Å²) in [7, 11) is 2.01. The SMILES string of the molecule is CCN(C)C(C(=O)N1CCC(CN)C1)c1ccccc1.Cl.Cl. The number of likely N-dealkylation sites (tertiary alicyclic amines) is 1. The summed E-state index contributed by atoms with van der Waals surface area (Å²) in [6.07, 6.45) is 1.03. The Labute approximate surface area is 145 Å². The minimum Gasteiger partial charge on any atom is -0.341 e. The van der Waals surface area contributed by atoms with E-state index in [2.05, 4.69) is 11.8 Å². The molecule has 1 heterocycles. The van der Waals surface area contributed by atoms with E-state index in [1.807, 2.05) is 42.3 Å². The van der Waals surface area contributed by atoms with Crippen molar-refractivity contribution in [3.63, 3.8) is 0 Å². The third-order valence-corrected chi connectivity index (χ3v) is 4.22. The van der Waals surface area contributed by atoms with Crippen molar-refractivity contribution in [2.45, 2.75) is 19.4 Å². The average Bonchev–Trinajstić information content (AvgIpc) is 2.97. The third-order valence-electron chi connectivity index (χ3n) is 4.22. The smallest absolute Gasteiger partial charge is 0.244 e. The van der Waals surface area contributed by atoms with Gasteiger partial charge in [-0.15, -0.1) is 24.8 Å². The molecule has 0 bridgehead atoms. The normalized spacial score (nSPS) is 18.5. The lowest BCUT2D eigenvalue weighted by molar-refractivity contribution is -0.135. The highest BCUT2D eigenvalue weighted by atomic mass is 35.5. The van der Waals surface area contributed by atoms with Crippen LogP contribution in [0.15, 0.2) is 30.3 Å². The summed E-state index contributed by atoms with van der Waals surface area (Å²) in [4.78, 5) is 16.9. The first-order valence-electron chi connectivity index (χ1n) is 7.41. The van der Waals surface area contributed by atoms with Crippen molar-refractivity contribution in [2.75, 3.05) is 33.2 Å². The van der Waals surface area contributed by atoms with Crippen LogP contribution < -0.4 is 5.73 Å². The Morgan fingerprint density at radius 1 is 1.36 bits per heavy atom.